The Morgan fingerprint density at radius 1 is 1.39 bits per heavy atom. The maximum absolute atomic E-state index is 11.6. The molecule has 0 aliphatic rings. The summed E-state index contributed by atoms with van der Waals surface area (Å²) in [7, 11) is 1.52. The van der Waals surface area contributed by atoms with Crippen LogP contribution in [0.15, 0.2) is 24.3 Å². The average molecular weight is 252 g/mol. The zero-order valence-electron chi connectivity index (χ0n) is 10.8. The largest absolute Gasteiger partial charge is 0.389 e. The highest BCUT2D eigenvalue weighted by molar-refractivity contribution is 5.92. The molecule has 0 saturated carbocycles. The van der Waals surface area contributed by atoms with Crippen LogP contribution in [0.2, 0.25) is 0 Å². The Morgan fingerprint density at radius 3 is 2.67 bits per heavy atom. The summed E-state index contributed by atoms with van der Waals surface area (Å²) in [6, 6.07) is 7.58. The van der Waals surface area contributed by atoms with Crippen molar-refractivity contribution in [2.24, 2.45) is 0 Å². The molecule has 1 atom stereocenters. The van der Waals surface area contributed by atoms with Gasteiger partial charge >= 0.3 is 0 Å². The first-order valence-corrected chi connectivity index (χ1v) is 5.86. The molecule has 3 N–H and O–H groups in total. The molecule has 0 fully saturated rings. The fourth-order valence-corrected chi connectivity index (χ4v) is 1.45. The zero-order valence-corrected chi connectivity index (χ0v) is 10.8. The van der Waals surface area contributed by atoms with Gasteiger partial charge in [0.25, 0.3) is 0 Å². The molecule has 5 heteroatoms. The highest BCUT2D eigenvalue weighted by Gasteiger charge is 2.05. The third-order valence-corrected chi connectivity index (χ3v) is 2.36. The lowest BCUT2D eigenvalue weighted by molar-refractivity contribution is -0.115. The number of carbonyl (C=O) groups excluding carboxylic acids is 1. The zero-order chi connectivity index (χ0) is 13.4. The summed E-state index contributed by atoms with van der Waals surface area (Å²) in [5.41, 5.74) is 1.92. The lowest BCUT2D eigenvalue weighted by atomic mass is 10.2. The lowest BCUT2D eigenvalue weighted by Crippen LogP contribution is -2.35. The van der Waals surface area contributed by atoms with Crippen LogP contribution < -0.4 is 10.6 Å². The summed E-state index contributed by atoms with van der Waals surface area (Å²) >= 11 is 0. The number of hydrogen-bond acceptors (Lipinski definition) is 4. The number of benzene rings is 1. The number of aliphatic hydroxyl groups excluding tert-OH is 1. The normalized spacial score (nSPS) is 12.2. The number of amides is 1. The van der Waals surface area contributed by atoms with Crippen LogP contribution in [0, 0.1) is 6.92 Å². The summed E-state index contributed by atoms with van der Waals surface area (Å²) in [6.45, 7) is 2.74. The van der Waals surface area contributed by atoms with Gasteiger partial charge in [0.05, 0.1) is 19.3 Å². The van der Waals surface area contributed by atoms with E-state index in [1.54, 1.807) is 0 Å². The van der Waals surface area contributed by atoms with Crippen molar-refractivity contribution in [2.45, 2.75) is 13.0 Å². The van der Waals surface area contributed by atoms with Crippen molar-refractivity contribution in [3.63, 3.8) is 0 Å². The summed E-state index contributed by atoms with van der Waals surface area (Å²) < 4.78 is 4.78. The summed E-state index contributed by atoms with van der Waals surface area (Å²) in [5.74, 6) is -0.136. The molecule has 100 valence electrons. The predicted molar refractivity (Wildman–Crippen MR) is 70.6 cm³/mol. The Hall–Kier alpha value is -1.43. The first-order chi connectivity index (χ1) is 8.61. The Kier molecular flexibility index (Phi) is 6.35. The third-order valence-electron chi connectivity index (χ3n) is 2.36. The minimum Gasteiger partial charge on any atom is -0.389 e. The standard InChI is InChI=1S/C13H20N2O3/c1-10-3-5-11(6-4-10)15-13(17)8-14-7-12(16)9-18-2/h3-6,12,14,16H,7-9H2,1-2H3,(H,15,17). The van der Waals surface area contributed by atoms with Crippen LogP contribution in [0.25, 0.3) is 0 Å². The predicted octanol–water partition coefficient (Wildman–Crippen LogP) is 0.530. The Balaban J connectivity index is 2.23. The molecule has 1 rings (SSSR count). The van der Waals surface area contributed by atoms with E-state index in [1.165, 1.54) is 7.11 Å². The molecule has 1 aromatic rings. The van der Waals surface area contributed by atoms with Gasteiger partial charge in [0.1, 0.15) is 0 Å². The molecule has 0 radical (unpaired) electrons. The summed E-state index contributed by atoms with van der Waals surface area (Å²) in [5, 5.41) is 15.0. The number of hydrogen-bond donors (Lipinski definition) is 3. The smallest absolute Gasteiger partial charge is 0.238 e. The minimum absolute atomic E-state index is 0.136. The van der Waals surface area contributed by atoms with Gasteiger partial charge in [-0.2, -0.15) is 0 Å². The van der Waals surface area contributed by atoms with Crippen molar-refractivity contribution < 1.29 is 14.6 Å². The van der Waals surface area contributed by atoms with Gasteiger partial charge in [-0.1, -0.05) is 17.7 Å². The van der Waals surface area contributed by atoms with Gasteiger partial charge in [0, 0.05) is 19.3 Å². The summed E-state index contributed by atoms with van der Waals surface area (Å²) in [4.78, 5) is 11.6. The maximum Gasteiger partial charge on any atom is 0.238 e. The number of rotatable bonds is 7. The molecule has 18 heavy (non-hydrogen) atoms. The Bertz CT molecular complexity index is 365. The molecular weight excluding hydrogens is 232 g/mol. The van der Waals surface area contributed by atoms with Crippen molar-refractivity contribution >= 4 is 11.6 Å². The van der Waals surface area contributed by atoms with Crippen LogP contribution in [0.5, 0.6) is 0 Å². The third kappa shape index (κ3) is 5.77. The van der Waals surface area contributed by atoms with Crippen LogP contribution >= 0.6 is 0 Å². The highest BCUT2D eigenvalue weighted by Crippen LogP contribution is 2.07. The summed E-state index contributed by atoms with van der Waals surface area (Å²) in [6.07, 6.45) is -0.595. The van der Waals surface area contributed by atoms with Crippen LogP contribution in [0.3, 0.4) is 0 Å². The van der Waals surface area contributed by atoms with Gasteiger partial charge in [-0.05, 0) is 19.1 Å². The van der Waals surface area contributed by atoms with Crippen LogP contribution in [0.4, 0.5) is 5.69 Å². The van der Waals surface area contributed by atoms with E-state index in [2.05, 4.69) is 10.6 Å². The Morgan fingerprint density at radius 2 is 2.06 bits per heavy atom. The van der Waals surface area contributed by atoms with E-state index < -0.39 is 6.10 Å². The van der Waals surface area contributed by atoms with E-state index in [-0.39, 0.29) is 19.1 Å². The van der Waals surface area contributed by atoms with Gasteiger partial charge in [-0.3, -0.25) is 4.79 Å². The molecule has 5 nitrogen and oxygen atoms in total. The van der Waals surface area contributed by atoms with Crippen LogP contribution in [0.1, 0.15) is 5.56 Å². The monoisotopic (exact) mass is 252 g/mol. The molecule has 1 unspecified atom stereocenters. The minimum atomic E-state index is -0.595. The number of anilines is 1. The van der Waals surface area contributed by atoms with Gasteiger partial charge in [0.15, 0.2) is 0 Å². The van der Waals surface area contributed by atoms with E-state index in [4.69, 9.17) is 4.74 Å². The SMILES string of the molecule is COCC(O)CNCC(=O)Nc1ccc(C)cc1. The van der Waals surface area contributed by atoms with E-state index in [9.17, 15) is 9.90 Å². The molecule has 0 aromatic heterocycles. The topological polar surface area (TPSA) is 70.6 Å². The molecule has 0 spiro atoms. The van der Waals surface area contributed by atoms with Crippen molar-refractivity contribution in [3.8, 4) is 0 Å². The number of aliphatic hydroxyl groups is 1. The van der Waals surface area contributed by atoms with Crippen molar-refractivity contribution in [3.05, 3.63) is 29.8 Å². The first kappa shape index (κ1) is 14.6. The first-order valence-electron chi connectivity index (χ1n) is 5.86. The quantitative estimate of drug-likeness (QED) is 0.662. The van der Waals surface area contributed by atoms with E-state index in [0.717, 1.165) is 11.3 Å². The lowest BCUT2D eigenvalue weighted by Gasteiger charge is -2.10. The van der Waals surface area contributed by atoms with Gasteiger partial charge < -0.3 is 20.5 Å². The molecule has 1 amide bonds. The molecule has 0 aliphatic heterocycles. The van der Waals surface area contributed by atoms with Crippen molar-refractivity contribution in [1.29, 1.82) is 0 Å². The van der Waals surface area contributed by atoms with Crippen LogP contribution in [-0.4, -0.2) is 43.9 Å². The number of carbonyl (C=O) groups is 1. The van der Waals surface area contributed by atoms with E-state index >= 15 is 0 Å². The van der Waals surface area contributed by atoms with Gasteiger partial charge in [-0.15, -0.1) is 0 Å². The number of methoxy groups -OCH3 is 1. The van der Waals surface area contributed by atoms with Crippen LogP contribution in [-0.2, 0) is 9.53 Å². The molecule has 1 aromatic carbocycles. The fraction of sp³-hybridized carbons (Fsp3) is 0.462. The molecule has 0 bridgehead atoms. The number of nitrogens with one attached hydrogen (secondary N) is 2. The number of aryl methyl sites for hydroxylation is 1. The van der Waals surface area contributed by atoms with Gasteiger partial charge in [0.2, 0.25) is 5.91 Å². The molecule has 0 saturated heterocycles. The second kappa shape index (κ2) is 7.81. The maximum atomic E-state index is 11.6. The second-order valence-corrected chi connectivity index (χ2v) is 4.15. The number of ether oxygens (including phenoxy) is 1. The van der Waals surface area contributed by atoms with Gasteiger partial charge in [-0.25, -0.2) is 0 Å². The average Bonchev–Trinajstić information content (AvgIpc) is 2.32. The highest BCUT2D eigenvalue weighted by atomic mass is 16.5. The van der Waals surface area contributed by atoms with Crippen molar-refractivity contribution in [2.75, 3.05) is 32.1 Å². The fourth-order valence-electron chi connectivity index (χ4n) is 1.45. The Labute approximate surface area is 107 Å². The second-order valence-electron chi connectivity index (χ2n) is 4.15. The molecule has 0 heterocycles. The molecular formula is C13H20N2O3. The van der Waals surface area contributed by atoms with E-state index in [1.807, 2.05) is 31.2 Å². The molecule has 0 aliphatic carbocycles. The van der Waals surface area contributed by atoms with E-state index in [0.29, 0.717) is 6.54 Å². The van der Waals surface area contributed by atoms with Crippen molar-refractivity contribution in [1.82, 2.24) is 5.32 Å².